The number of amides is 2. The Labute approximate surface area is 154 Å². The summed E-state index contributed by atoms with van der Waals surface area (Å²) in [6.45, 7) is 7.78. The largest absolute Gasteiger partial charge is 0.376 e. The lowest BCUT2D eigenvalue weighted by Crippen LogP contribution is -2.59. The van der Waals surface area contributed by atoms with Crippen molar-refractivity contribution in [1.82, 2.24) is 0 Å². The minimum Gasteiger partial charge on any atom is -0.376 e. The molecule has 0 atom stereocenters. The van der Waals surface area contributed by atoms with Gasteiger partial charge in [0.2, 0.25) is 11.8 Å². The molecule has 26 heavy (non-hydrogen) atoms. The van der Waals surface area contributed by atoms with E-state index in [1.165, 1.54) is 5.56 Å². The van der Waals surface area contributed by atoms with Crippen molar-refractivity contribution < 1.29 is 9.59 Å². The summed E-state index contributed by atoms with van der Waals surface area (Å²) in [5.74, 6) is -0.322. The molecular weight excluding hydrogens is 326 g/mol. The molecule has 0 saturated carbocycles. The van der Waals surface area contributed by atoms with E-state index in [0.717, 1.165) is 23.4 Å². The fourth-order valence-corrected chi connectivity index (χ4v) is 3.42. The molecule has 1 aliphatic heterocycles. The maximum absolute atomic E-state index is 13.1. The van der Waals surface area contributed by atoms with E-state index in [4.69, 9.17) is 0 Å². The van der Waals surface area contributed by atoms with Crippen molar-refractivity contribution in [1.29, 1.82) is 0 Å². The third-order valence-corrected chi connectivity index (χ3v) is 4.91. The molecule has 0 saturated heterocycles. The topological polar surface area (TPSA) is 61.4 Å². The third-order valence-electron chi connectivity index (χ3n) is 4.91. The zero-order chi connectivity index (χ0) is 18.9. The Kier molecular flexibility index (Phi) is 4.72. The Morgan fingerprint density at radius 1 is 1.15 bits per heavy atom. The van der Waals surface area contributed by atoms with Crippen LogP contribution in [0.4, 0.5) is 17.1 Å². The summed E-state index contributed by atoms with van der Waals surface area (Å²) in [6, 6.07) is 13.5. The fraction of sp³-hybridized carbons (Fsp3) is 0.333. The van der Waals surface area contributed by atoms with Crippen molar-refractivity contribution in [3.8, 4) is 0 Å². The van der Waals surface area contributed by atoms with Crippen LogP contribution in [0.1, 0.15) is 31.9 Å². The average Bonchev–Trinajstić information content (AvgIpc) is 2.61. The van der Waals surface area contributed by atoms with E-state index in [1.54, 1.807) is 18.7 Å². The van der Waals surface area contributed by atoms with Crippen molar-refractivity contribution in [2.75, 3.05) is 22.1 Å². The van der Waals surface area contributed by atoms with E-state index in [0.29, 0.717) is 5.69 Å². The zero-order valence-corrected chi connectivity index (χ0v) is 15.7. The molecule has 0 unspecified atom stereocenters. The van der Waals surface area contributed by atoms with Crippen LogP contribution in [0.25, 0.3) is 0 Å². The van der Waals surface area contributed by atoms with Gasteiger partial charge in [0.25, 0.3) is 0 Å². The second-order valence-corrected chi connectivity index (χ2v) is 7.08. The van der Waals surface area contributed by atoms with Crippen LogP contribution in [-0.4, -0.2) is 23.9 Å². The van der Waals surface area contributed by atoms with Gasteiger partial charge in [-0.3, -0.25) is 14.5 Å². The van der Waals surface area contributed by atoms with E-state index in [2.05, 4.69) is 23.6 Å². The number of nitrogens with one attached hydrogen (secondary N) is 2. The number of hydrogen-bond acceptors (Lipinski definition) is 3. The van der Waals surface area contributed by atoms with Gasteiger partial charge in [-0.1, -0.05) is 37.3 Å². The number of aryl methyl sites for hydroxylation is 2. The molecule has 1 heterocycles. The van der Waals surface area contributed by atoms with E-state index in [-0.39, 0.29) is 18.4 Å². The van der Waals surface area contributed by atoms with Gasteiger partial charge in [-0.25, -0.2) is 0 Å². The molecule has 3 rings (SSSR count). The molecule has 2 amide bonds. The van der Waals surface area contributed by atoms with Crippen LogP contribution in [0.2, 0.25) is 0 Å². The number of nitrogens with zero attached hydrogens (tertiary/aromatic N) is 1. The summed E-state index contributed by atoms with van der Waals surface area (Å²) in [7, 11) is 0. The predicted octanol–water partition coefficient (Wildman–Crippen LogP) is 3.73. The highest BCUT2D eigenvalue weighted by atomic mass is 16.2. The van der Waals surface area contributed by atoms with Gasteiger partial charge in [0, 0.05) is 5.69 Å². The SMILES string of the molecule is CCc1cccc(C)c1NCC(=O)N1c2ccccc2NC(=O)C1(C)C. The molecule has 0 radical (unpaired) electrons. The maximum atomic E-state index is 13.1. The summed E-state index contributed by atoms with van der Waals surface area (Å²) in [5, 5.41) is 6.17. The highest BCUT2D eigenvalue weighted by molar-refractivity contribution is 6.14. The molecule has 0 fully saturated rings. The molecule has 5 nitrogen and oxygen atoms in total. The highest BCUT2D eigenvalue weighted by Gasteiger charge is 2.43. The molecule has 0 aliphatic carbocycles. The van der Waals surface area contributed by atoms with Gasteiger partial charge < -0.3 is 10.6 Å². The lowest BCUT2D eigenvalue weighted by molar-refractivity contribution is -0.125. The summed E-state index contributed by atoms with van der Waals surface area (Å²) in [5.41, 5.74) is 3.71. The standard InChI is InChI=1S/C21H25N3O2/c1-5-15-10-8-9-14(2)19(15)22-13-18(25)24-17-12-7-6-11-16(17)23-20(26)21(24,3)4/h6-12,22H,5,13H2,1-4H3,(H,23,26). The number of anilines is 3. The van der Waals surface area contributed by atoms with Crippen molar-refractivity contribution in [3.05, 3.63) is 53.6 Å². The van der Waals surface area contributed by atoms with Gasteiger partial charge in [-0.05, 0) is 50.5 Å². The molecule has 1 aliphatic rings. The molecule has 2 N–H and O–H groups in total. The number of carbonyl (C=O) groups is 2. The van der Waals surface area contributed by atoms with Crippen LogP contribution in [-0.2, 0) is 16.0 Å². The van der Waals surface area contributed by atoms with Crippen LogP contribution >= 0.6 is 0 Å². The van der Waals surface area contributed by atoms with Crippen molar-refractivity contribution in [3.63, 3.8) is 0 Å². The van der Waals surface area contributed by atoms with Gasteiger partial charge >= 0.3 is 0 Å². The molecule has 0 bridgehead atoms. The lowest BCUT2D eigenvalue weighted by Gasteiger charge is -2.42. The van der Waals surface area contributed by atoms with Crippen molar-refractivity contribution in [2.24, 2.45) is 0 Å². The predicted molar refractivity (Wildman–Crippen MR) is 106 cm³/mol. The molecular formula is C21H25N3O2. The molecule has 5 heteroatoms. The first-order valence-corrected chi connectivity index (χ1v) is 8.92. The summed E-state index contributed by atoms with van der Waals surface area (Å²) < 4.78 is 0. The molecule has 136 valence electrons. The highest BCUT2D eigenvalue weighted by Crippen LogP contribution is 2.36. The van der Waals surface area contributed by atoms with Crippen LogP contribution in [0.15, 0.2) is 42.5 Å². The second-order valence-electron chi connectivity index (χ2n) is 7.08. The van der Waals surface area contributed by atoms with Crippen molar-refractivity contribution >= 4 is 28.9 Å². The fourth-order valence-electron chi connectivity index (χ4n) is 3.42. The van der Waals surface area contributed by atoms with Crippen LogP contribution in [0.3, 0.4) is 0 Å². The normalized spacial score (nSPS) is 15.2. The zero-order valence-electron chi connectivity index (χ0n) is 15.7. The number of carbonyl (C=O) groups excluding carboxylic acids is 2. The van der Waals surface area contributed by atoms with E-state index < -0.39 is 5.54 Å². The smallest absolute Gasteiger partial charge is 0.250 e. The minimum atomic E-state index is -0.952. The first kappa shape index (κ1) is 18.0. The van der Waals surface area contributed by atoms with Crippen molar-refractivity contribution in [2.45, 2.75) is 39.7 Å². The summed E-state index contributed by atoms with van der Waals surface area (Å²) in [4.78, 5) is 27.2. The van der Waals surface area contributed by atoms with Gasteiger partial charge in [0.1, 0.15) is 5.54 Å². The van der Waals surface area contributed by atoms with E-state index >= 15 is 0 Å². The Morgan fingerprint density at radius 2 is 1.88 bits per heavy atom. The summed E-state index contributed by atoms with van der Waals surface area (Å²) >= 11 is 0. The Bertz CT molecular complexity index is 858. The van der Waals surface area contributed by atoms with E-state index in [1.807, 2.05) is 43.3 Å². The Balaban J connectivity index is 1.89. The Hall–Kier alpha value is -2.82. The number of rotatable bonds is 4. The monoisotopic (exact) mass is 351 g/mol. The van der Waals surface area contributed by atoms with Crippen LogP contribution in [0, 0.1) is 6.92 Å². The molecule has 0 aromatic heterocycles. The van der Waals surface area contributed by atoms with Crippen LogP contribution in [0.5, 0.6) is 0 Å². The lowest BCUT2D eigenvalue weighted by atomic mass is 9.96. The molecule has 0 spiro atoms. The second kappa shape index (κ2) is 6.83. The first-order chi connectivity index (χ1) is 12.4. The molecule has 2 aromatic rings. The number of benzene rings is 2. The van der Waals surface area contributed by atoms with Gasteiger partial charge in [-0.15, -0.1) is 0 Å². The number of para-hydroxylation sites is 3. The van der Waals surface area contributed by atoms with Gasteiger partial charge in [0.05, 0.1) is 17.9 Å². The maximum Gasteiger partial charge on any atom is 0.250 e. The van der Waals surface area contributed by atoms with Crippen LogP contribution < -0.4 is 15.5 Å². The quantitative estimate of drug-likeness (QED) is 0.882. The summed E-state index contributed by atoms with van der Waals surface area (Å²) in [6.07, 6.45) is 0.888. The van der Waals surface area contributed by atoms with Gasteiger partial charge in [0.15, 0.2) is 0 Å². The minimum absolute atomic E-state index is 0.128. The Morgan fingerprint density at radius 3 is 2.62 bits per heavy atom. The van der Waals surface area contributed by atoms with Gasteiger partial charge in [-0.2, -0.15) is 0 Å². The number of hydrogen-bond donors (Lipinski definition) is 2. The number of fused-ring (bicyclic) bond motifs is 1. The average molecular weight is 351 g/mol. The van der Waals surface area contributed by atoms with E-state index in [9.17, 15) is 9.59 Å². The first-order valence-electron chi connectivity index (χ1n) is 8.92. The molecule has 2 aromatic carbocycles. The third kappa shape index (κ3) is 3.05.